The number of halogens is 3. The average Bonchev–Trinajstić information content (AvgIpc) is 2.61. The van der Waals surface area contributed by atoms with Crippen LogP contribution >= 0.6 is 0 Å². The fourth-order valence-corrected chi connectivity index (χ4v) is 1.09. The minimum absolute atomic E-state index is 0.107. The maximum Gasteiger partial charge on any atom is 0.389 e. The number of likely N-dealkylation sites (N-methyl/N-ethyl adjacent to an activating group) is 1. The van der Waals surface area contributed by atoms with Crippen LogP contribution in [-0.4, -0.2) is 29.4 Å². The molecule has 1 aromatic rings. The molecule has 1 unspecified atom stereocenters. The molecule has 16 heavy (non-hydrogen) atoms. The van der Waals surface area contributed by atoms with Crippen LogP contribution < -0.4 is 5.32 Å². The van der Waals surface area contributed by atoms with Gasteiger partial charge in [0.15, 0.2) is 5.82 Å². The Morgan fingerprint density at radius 2 is 2.12 bits per heavy atom. The van der Waals surface area contributed by atoms with Gasteiger partial charge in [0.05, 0.1) is 6.42 Å². The van der Waals surface area contributed by atoms with Crippen molar-refractivity contribution in [2.24, 2.45) is 0 Å². The van der Waals surface area contributed by atoms with Crippen molar-refractivity contribution in [2.45, 2.75) is 38.4 Å². The fourth-order valence-electron chi connectivity index (χ4n) is 1.09. The Bertz CT molecular complexity index is 324. The number of hydrogen-bond donors (Lipinski definition) is 1. The zero-order valence-corrected chi connectivity index (χ0v) is 9.14. The second-order valence-corrected chi connectivity index (χ2v) is 3.61. The first-order chi connectivity index (χ1) is 7.40. The molecule has 1 atom stereocenters. The Kier molecular flexibility index (Phi) is 4.28. The topological polar surface area (TPSA) is 51.0 Å². The highest BCUT2D eigenvalue weighted by Gasteiger charge is 2.27. The van der Waals surface area contributed by atoms with Crippen molar-refractivity contribution in [1.82, 2.24) is 15.5 Å². The van der Waals surface area contributed by atoms with E-state index in [1.165, 1.54) is 0 Å². The molecule has 0 aliphatic carbocycles. The zero-order valence-electron chi connectivity index (χ0n) is 9.14. The molecule has 92 valence electrons. The van der Waals surface area contributed by atoms with Gasteiger partial charge in [-0.05, 0) is 14.0 Å². The summed E-state index contributed by atoms with van der Waals surface area (Å²) in [7, 11) is 1.78. The molecule has 1 rings (SSSR count). The van der Waals surface area contributed by atoms with Gasteiger partial charge in [-0.15, -0.1) is 0 Å². The summed E-state index contributed by atoms with van der Waals surface area (Å²) in [5.74, 6) is 0.467. The largest absolute Gasteiger partial charge is 0.389 e. The van der Waals surface area contributed by atoms with Gasteiger partial charge in [0, 0.05) is 18.9 Å². The van der Waals surface area contributed by atoms with Gasteiger partial charge < -0.3 is 9.84 Å². The van der Waals surface area contributed by atoms with Crippen molar-refractivity contribution in [3.05, 3.63) is 11.7 Å². The summed E-state index contributed by atoms with van der Waals surface area (Å²) in [6.07, 6.45) is -4.83. The third kappa shape index (κ3) is 4.61. The summed E-state index contributed by atoms with van der Waals surface area (Å²) < 4.78 is 40.6. The lowest BCUT2D eigenvalue weighted by Crippen LogP contribution is -2.23. The van der Waals surface area contributed by atoms with Crippen molar-refractivity contribution < 1.29 is 17.7 Å². The predicted molar refractivity (Wildman–Crippen MR) is 50.9 cm³/mol. The molecule has 0 saturated carbocycles. The van der Waals surface area contributed by atoms with Gasteiger partial charge in [-0.1, -0.05) is 5.16 Å². The van der Waals surface area contributed by atoms with Crippen LogP contribution in [0.25, 0.3) is 0 Å². The highest BCUT2D eigenvalue weighted by atomic mass is 19.4. The van der Waals surface area contributed by atoms with Crippen molar-refractivity contribution in [1.29, 1.82) is 0 Å². The molecule has 7 heteroatoms. The van der Waals surface area contributed by atoms with E-state index in [2.05, 4.69) is 15.5 Å². The van der Waals surface area contributed by atoms with Gasteiger partial charge in [0.1, 0.15) is 0 Å². The third-order valence-corrected chi connectivity index (χ3v) is 2.12. The first-order valence-electron chi connectivity index (χ1n) is 4.96. The molecule has 0 bridgehead atoms. The Morgan fingerprint density at radius 3 is 2.69 bits per heavy atom. The van der Waals surface area contributed by atoms with Crippen LogP contribution in [0.15, 0.2) is 4.52 Å². The zero-order chi connectivity index (χ0) is 12.2. The summed E-state index contributed by atoms with van der Waals surface area (Å²) in [5.41, 5.74) is 0. The number of nitrogens with zero attached hydrogens (tertiary/aromatic N) is 2. The standard InChI is InChI=1S/C9H14F3N3O/c1-6(13-2)5-8-14-7(15-16-8)3-4-9(10,11)12/h6,13H,3-5H2,1-2H3. The second kappa shape index (κ2) is 5.29. The highest BCUT2D eigenvalue weighted by Crippen LogP contribution is 2.21. The van der Waals surface area contributed by atoms with E-state index in [9.17, 15) is 13.2 Å². The van der Waals surface area contributed by atoms with Crippen molar-refractivity contribution in [3.63, 3.8) is 0 Å². The Hall–Kier alpha value is -1.11. The lowest BCUT2D eigenvalue weighted by Gasteiger charge is -2.04. The first kappa shape index (κ1) is 13.0. The molecule has 4 nitrogen and oxygen atoms in total. The number of aryl methyl sites for hydroxylation is 1. The number of aromatic nitrogens is 2. The van der Waals surface area contributed by atoms with Gasteiger partial charge in [-0.25, -0.2) is 0 Å². The quantitative estimate of drug-likeness (QED) is 0.847. The van der Waals surface area contributed by atoms with E-state index in [1.54, 1.807) is 7.05 Å². The minimum Gasteiger partial charge on any atom is -0.339 e. The maximum atomic E-state index is 11.9. The Morgan fingerprint density at radius 1 is 1.44 bits per heavy atom. The molecule has 1 aromatic heterocycles. The molecule has 0 aliphatic heterocycles. The van der Waals surface area contributed by atoms with E-state index in [-0.39, 0.29) is 18.3 Å². The molecule has 0 radical (unpaired) electrons. The molecule has 0 saturated heterocycles. The molecule has 0 aliphatic rings. The number of alkyl halides is 3. The van der Waals surface area contributed by atoms with Crippen LogP contribution in [0.5, 0.6) is 0 Å². The predicted octanol–water partition coefficient (Wildman–Crippen LogP) is 1.71. The van der Waals surface area contributed by atoms with Crippen LogP contribution in [0.4, 0.5) is 13.2 Å². The second-order valence-electron chi connectivity index (χ2n) is 3.61. The van der Waals surface area contributed by atoms with E-state index >= 15 is 0 Å². The number of rotatable bonds is 5. The van der Waals surface area contributed by atoms with Crippen LogP contribution in [0.2, 0.25) is 0 Å². The van der Waals surface area contributed by atoms with Gasteiger partial charge >= 0.3 is 6.18 Å². The Balaban J connectivity index is 2.45. The molecular weight excluding hydrogens is 223 g/mol. The number of hydrogen-bond acceptors (Lipinski definition) is 4. The minimum atomic E-state index is -4.18. The van der Waals surface area contributed by atoms with Crippen molar-refractivity contribution in [3.8, 4) is 0 Å². The smallest absolute Gasteiger partial charge is 0.339 e. The van der Waals surface area contributed by atoms with Crippen LogP contribution in [0.3, 0.4) is 0 Å². The molecule has 1 heterocycles. The molecule has 0 amide bonds. The molecular formula is C9H14F3N3O. The maximum absolute atomic E-state index is 11.9. The van der Waals surface area contributed by atoms with Crippen LogP contribution in [0.1, 0.15) is 25.1 Å². The van der Waals surface area contributed by atoms with E-state index < -0.39 is 12.6 Å². The van der Waals surface area contributed by atoms with E-state index in [1.807, 2.05) is 6.92 Å². The summed E-state index contributed by atoms with van der Waals surface area (Å²) in [6, 6.07) is 0.149. The summed E-state index contributed by atoms with van der Waals surface area (Å²) in [5, 5.41) is 6.46. The molecule has 0 fully saturated rings. The van der Waals surface area contributed by atoms with Crippen LogP contribution in [0, 0.1) is 0 Å². The highest BCUT2D eigenvalue weighted by molar-refractivity contribution is 4.89. The average molecular weight is 237 g/mol. The fraction of sp³-hybridized carbons (Fsp3) is 0.778. The van der Waals surface area contributed by atoms with E-state index in [0.29, 0.717) is 12.3 Å². The van der Waals surface area contributed by atoms with Gasteiger partial charge in [0.2, 0.25) is 5.89 Å². The van der Waals surface area contributed by atoms with E-state index in [0.717, 1.165) is 0 Å². The summed E-state index contributed by atoms with van der Waals surface area (Å²) in [4.78, 5) is 3.88. The normalized spacial score (nSPS) is 14.1. The van der Waals surface area contributed by atoms with E-state index in [4.69, 9.17) is 4.52 Å². The van der Waals surface area contributed by atoms with Crippen molar-refractivity contribution >= 4 is 0 Å². The SMILES string of the molecule is CNC(C)Cc1nc(CCC(F)(F)F)no1. The summed E-state index contributed by atoms with van der Waals surface area (Å²) >= 11 is 0. The summed E-state index contributed by atoms with van der Waals surface area (Å²) in [6.45, 7) is 1.92. The molecule has 0 aromatic carbocycles. The first-order valence-corrected chi connectivity index (χ1v) is 4.96. The Labute approximate surface area is 91.2 Å². The molecule has 1 N–H and O–H groups in total. The number of nitrogens with one attached hydrogen (secondary N) is 1. The molecule has 0 spiro atoms. The monoisotopic (exact) mass is 237 g/mol. The third-order valence-electron chi connectivity index (χ3n) is 2.12. The van der Waals surface area contributed by atoms with Gasteiger partial charge in [-0.2, -0.15) is 18.2 Å². The van der Waals surface area contributed by atoms with Crippen LogP contribution in [-0.2, 0) is 12.8 Å². The van der Waals surface area contributed by atoms with Gasteiger partial charge in [0.25, 0.3) is 0 Å². The lowest BCUT2D eigenvalue weighted by molar-refractivity contribution is -0.134. The van der Waals surface area contributed by atoms with Gasteiger partial charge in [-0.3, -0.25) is 0 Å². The van der Waals surface area contributed by atoms with Crippen molar-refractivity contribution in [2.75, 3.05) is 7.05 Å². The lowest BCUT2D eigenvalue weighted by atomic mass is 10.2.